The first-order chi connectivity index (χ1) is 8.42. The first-order valence-electron chi connectivity index (χ1n) is 6.72. The minimum absolute atomic E-state index is 0.179. The summed E-state index contributed by atoms with van der Waals surface area (Å²) in [7, 11) is -2.84. The summed E-state index contributed by atoms with van der Waals surface area (Å²) in [6.07, 6.45) is 0.887. The van der Waals surface area contributed by atoms with Gasteiger partial charge in [0.1, 0.15) is 0 Å². The van der Waals surface area contributed by atoms with Crippen molar-refractivity contribution in [1.29, 1.82) is 0 Å². The van der Waals surface area contributed by atoms with Gasteiger partial charge in [0.05, 0.1) is 24.2 Å². The average molecular weight is 276 g/mol. The first-order valence-corrected chi connectivity index (χ1v) is 8.54. The molecule has 0 aromatic heterocycles. The number of hydrogen-bond donors (Lipinski definition) is 1. The van der Waals surface area contributed by atoms with Gasteiger partial charge in [-0.05, 0) is 19.9 Å². The molecule has 2 heterocycles. The van der Waals surface area contributed by atoms with Crippen LogP contribution < -0.4 is 5.32 Å². The van der Waals surface area contributed by atoms with Gasteiger partial charge in [-0.1, -0.05) is 6.92 Å². The molecule has 2 aliphatic rings. The topological polar surface area (TPSA) is 58.6 Å². The fourth-order valence-corrected chi connectivity index (χ4v) is 4.82. The Morgan fingerprint density at radius 2 is 2.28 bits per heavy atom. The van der Waals surface area contributed by atoms with E-state index in [2.05, 4.69) is 17.1 Å². The van der Waals surface area contributed by atoms with E-state index in [0.29, 0.717) is 12.2 Å². The zero-order chi connectivity index (χ0) is 13.2. The third-order valence-corrected chi connectivity index (χ3v) is 5.83. The van der Waals surface area contributed by atoms with Gasteiger partial charge in [0.2, 0.25) is 0 Å². The Labute approximate surface area is 110 Å². The number of sulfone groups is 1. The number of nitrogens with one attached hydrogen (secondary N) is 1. The predicted molar refractivity (Wildman–Crippen MR) is 71.5 cm³/mol. The Morgan fingerprint density at radius 3 is 2.89 bits per heavy atom. The lowest BCUT2D eigenvalue weighted by atomic mass is 10.0. The Morgan fingerprint density at radius 1 is 1.50 bits per heavy atom. The van der Waals surface area contributed by atoms with Crippen LogP contribution in [0.1, 0.15) is 20.3 Å². The molecule has 106 valence electrons. The van der Waals surface area contributed by atoms with Gasteiger partial charge in [0.15, 0.2) is 9.84 Å². The highest BCUT2D eigenvalue weighted by Crippen LogP contribution is 2.22. The molecule has 18 heavy (non-hydrogen) atoms. The van der Waals surface area contributed by atoms with Gasteiger partial charge in [0.25, 0.3) is 0 Å². The summed E-state index contributed by atoms with van der Waals surface area (Å²) in [5.74, 6) is 0.563. The van der Waals surface area contributed by atoms with Crippen molar-refractivity contribution >= 4 is 9.84 Å². The fourth-order valence-electron chi connectivity index (χ4n) is 2.70. The van der Waals surface area contributed by atoms with Crippen LogP contribution >= 0.6 is 0 Å². The molecule has 5 nitrogen and oxygen atoms in total. The zero-order valence-electron chi connectivity index (χ0n) is 11.3. The van der Waals surface area contributed by atoms with Gasteiger partial charge in [0, 0.05) is 25.2 Å². The predicted octanol–water partition coefficient (Wildman–Crippen LogP) is -0.126. The van der Waals surface area contributed by atoms with Crippen LogP contribution in [0.5, 0.6) is 0 Å². The zero-order valence-corrected chi connectivity index (χ0v) is 12.1. The molecule has 0 amide bonds. The number of rotatable bonds is 4. The molecule has 2 saturated heterocycles. The molecule has 2 atom stereocenters. The van der Waals surface area contributed by atoms with Crippen LogP contribution in [0, 0.1) is 0 Å². The Kier molecular flexibility index (Phi) is 4.31. The van der Waals surface area contributed by atoms with Crippen LogP contribution in [0.3, 0.4) is 0 Å². The normalized spacial score (nSPS) is 36.9. The number of morpholine rings is 1. The Balaban J connectivity index is 1.81. The third-order valence-electron chi connectivity index (χ3n) is 3.93. The summed E-state index contributed by atoms with van der Waals surface area (Å²) in [4.78, 5) is 2.36. The van der Waals surface area contributed by atoms with Gasteiger partial charge < -0.3 is 10.1 Å². The van der Waals surface area contributed by atoms with E-state index in [4.69, 9.17) is 4.74 Å². The lowest BCUT2D eigenvalue weighted by molar-refractivity contribution is -0.0278. The van der Waals surface area contributed by atoms with Crippen molar-refractivity contribution in [2.75, 3.05) is 44.3 Å². The minimum atomic E-state index is -2.84. The van der Waals surface area contributed by atoms with Crippen molar-refractivity contribution in [3.63, 3.8) is 0 Å². The Bertz CT molecular complexity index is 385. The van der Waals surface area contributed by atoms with Crippen molar-refractivity contribution in [3.8, 4) is 0 Å². The largest absolute Gasteiger partial charge is 0.374 e. The lowest BCUT2D eigenvalue weighted by Crippen LogP contribution is -2.52. The molecule has 2 aliphatic heterocycles. The second-order valence-corrected chi connectivity index (χ2v) is 7.85. The molecule has 1 N–H and O–H groups in total. The van der Waals surface area contributed by atoms with Crippen LogP contribution in [-0.2, 0) is 14.6 Å². The number of ether oxygens (including phenoxy) is 1. The monoisotopic (exact) mass is 276 g/mol. The van der Waals surface area contributed by atoms with E-state index in [9.17, 15) is 8.42 Å². The van der Waals surface area contributed by atoms with E-state index in [1.165, 1.54) is 0 Å². The van der Waals surface area contributed by atoms with Gasteiger partial charge in [-0.2, -0.15) is 0 Å². The second kappa shape index (κ2) is 5.45. The molecule has 0 spiro atoms. The molecular formula is C12H24N2O3S. The van der Waals surface area contributed by atoms with Gasteiger partial charge in [-0.15, -0.1) is 0 Å². The Hall–Kier alpha value is -0.170. The summed E-state index contributed by atoms with van der Waals surface area (Å²) in [6, 6.07) is 0. The van der Waals surface area contributed by atoms with Crippen molar-refractivity contribution in [3.05, 3.63) is 0 Å². The highest BCUT2D eigenvalue weighted by atomic mass is 32.2. The minimum Gasteiger partial charge on any atom is -0.374 e. The van der Waals surface area contributed by atoms with Crippen molar-refractivity contribution in [2.45, 2.75) is 31.9 Å². The molecule has 0 saturated carbocycles. The molecular weight excluding hydrogens is 252 g/mol. The maximum Gasteiger partial charge on any atom is 0.152 e. The van der Waals surface area contributed by atoms with Gasteiger partial charge >= 0.3 is 0 Å². The van der Waals surface area contributed by atoms with Gasteiger partial charge in [-0.25, -0.2) is 8.42 Å². The molecule has 6 heteroatoms. The van der Waals surface area contributed by atoms with Crippen LogP contribution in [0.4, 0.5) is 0 Å². The van der Waals surface area contributed by atoms with E-state index in [1.807, 2.05) is 6.92 Å². The van der Waals surface area contributed by atoms with Crippen LogP contribution in [-0.4, -0.2) is 69.3 Å². The van der Waals surface area contributed by atoms with E-state index < -0.39 is 9.84 Å². The van der Waals surface area contributed by atoms with E-state index in [1.54, 1.807) is 0 Å². The molecule has 0 aromatic carbocycles. The van der Waals surface area contributed by atoms with Crippen molar-refractivity contribution < 1.29 is 13.2 Å². The molecule has 0 radical (unpaired) electrons. The summed E-state index contributed by atoms with van der Waals surface area (Å²) < 4.78 is 28.7. The standard InChI is InChI=1S/C12H24N2O3S/c1-3-14-5-6-17-11(9-14)8-13-12(2)4-7-18(15,16)10-12/h11,13H,3-10H2,1-2H3. The first kappa shape index (κ1) is 14.2. The smallest absolute Gasteiger partial charge is 0.152 e. The average Bonchev–Trinajstić information content (AvgIpc) is 2.62. The second-order valence-electron chi connectivity index (χ2n) is 5.67. The number of likely N-dealkylation sites (N-methyl/N-ethyl adjacent to an activating group) is 1. The van der Waals surface area contributed by atoms with Crippen LogP contribution in [0.15, 0.2) is 0 Å². The molecule has 2 rings (SSSR count). The van der Waals surface area contributed by atoms with Crippen LogP contribution in [0.25, 0.3) is 0 Å². The molecule has 2 unspecified atom stereocenters. The maximum atomic E-state index is 11.5. The van der Waals surface area contributed by atoms with E-state index >= 15 is 0 Å². The third kappa shape index (κ3) is 3.66. The number of hydrogen-bond acceptors (Lipinski definition) is 5. The molecule has 2 fully saturated rings. The lowest BCUT2D eigenvalue weighted by Gasteiger charge is -2.34. The highest BCUT2D eigenvalue weighted by Gasteiger charge is 2.38. The maximum absolute atomic E-state index is 11.5. The van der Waals surface area contributed by atoms with E-state index in [0.717, 1.165) is 32.8 Å². The van der Waals surface area contributed by atoms with Crippen molar-refractivity contribution in [2.24, 2.45) is 0 Å². The summed E-state index contributed by atoms with van der Waals surface area (Å²) >= 11 is 0. The SMILES string of the molecule is CCN1CCOC(CNC2(C)CCS(=O)(=O)C2)C1. The van der Waals surface area contributed by atoms with Gasteiger partial charge in [-0.3, -0.25) is 4.90 Å². The molecule has 0 aliphatic carbocycles. The molecule has 0 aromatic rings. The van der Waals surface area contributed by atoms with E-state index in [-0.39, 0.29) is 17.4 Å². The summed E-state index contributed by atoms with van der Waals surface area (Å²) in [5.41, 5.74) is -0.267. The van der Waals surface area contributed by atoms with Crippen LogP contribution in [0.2, 0.25) is 0 Å². The fraction of sp³-hybridized carbons (Fsp3) is 1.00. The summed E-state index contributed by atoms with van der Waals surface area (Å²) in [6.45, 7) is 8.65. The number of nitrogens with zero attached hydrogens (tertiary/aromatic N) is 1. The quantitative estimate of drug-likeness (QED) is 0.775. The highest BCUT2D eigenvalue weighted by molar-refractivity contribution is 7.91. The van der Waals surface area contributed by atoms with Crippen molar-refractivity contribution in [1.82, 2.24) is 10.2 Å². The summed E-state index contributed by atoms with van der Waals surface area (Å²) in [5, 5.41) is 3.40. The molecule has 0 bridgehead atoms.